The molecular weight excluding hydrogens is 524 g/mol. The van der Waals surface area contributed by atoms with Crippen molar-refractivity contribution in [3.63, 3.8) is 0 Å². The molecule has 10 nitrogen and oxygen atoms in total. The lowest BCUT2D eigenvalue weighted by atomic mass is 10.0. The first-order valence-electron chi connectivity index (χ1n) is 11.0. The van der Waals surface area contributed by atoms with Crippen molar-refractivity contribution in [1.29, 1.82) is 0 Å². The van der Waals surface area contributed by atoms with E-state index in [1.165, 1.54) is 23.9 Å². The molecule has 0 radical (unpaired) electrons. The van der Waals surface area contributed by atoms with E-state index < -0.39 is 51.3 Å². The van der Waals surface area contributed by atoms with Crippen LogP contribution in [0.5, 0.6) is 0 Å². The van der Waals surface area contributed by atoms with Crippen molar-refractivity contribution >= 4 is 52.5 Å². The summed E-state index contributed by atoms with van der Waals surface area (Å²) in [5.74, 6) is -2.14. The van der Waals surface area contributed by atoms with Gasteiger partial charge in [0.15, 0.2) is 0 Å². The standard InChI is InChI=1S/C23H28N4O6S3/c1-23(2)19(27(15-35-23)36(32,33)17-11-7-4-8-12-17)20(28)25-18(21(29)30)14-26(34)22(31)24-13-16-9-5-3-6-10-16/h3-12,18-19,34H,13-15H2,1-2H3,(H,24,31)(H,25,28)(H,29,30). The van der Waals surface area contributed by atoms with Gasteiger partial charge >= 0.3 is 12.0 Å². The molecule has 36 heavy (non-hydrogen) atoms. The number of sulfonamides is 1. The molecule has 1 aliphatic rings. The second-order valence-corrected chi connectivity index (χ2v) is 12.6. The van der Waals surface area contributed by atoms with Crippen LogP contribution in [-0.4, -0.2) is 69.3 Å². The van der Waals surface area contributed by atoms with Crippen molar-refractivity contribution in [3.05, 3.63) is 66.2 Å². The maximum atomic E-state index is 13.3. The third-order valence-electron chi connectivity index (χ3n) is 5.60. The van der Waals surface area contributed by atoms with Gasteiger partial charge in [0.25, 0.3) is 0 Å². The largest absolute Gasteiger partial charge is 0.480 e. The van der Waals surface area contributed by atoms with Gasteiger partial charge in [0.1, 0.15) is 12.1 Å². The van der Waals surface area contributed by atoms with E-state index in [0.717, 1.165) is 14.2 Å². The van der Waals surface area contributed by atoms with E-state index in [0.29, 0.717) is 0 Å². The maximum Gasteiger partial charge on any atom is 0.328 e. The van der Waals surface area contributed by atoms with E-state index in [2.05, 4.69) is 23.4 Å². The van der Waals surface area contributed by atoms with Crippen LogP contribution >= 0.6 is 24.6 Å². The number of urea groups is 1. The van der Waals surface area contributed by atoms with E-state index in [-0.39, 0.29) is 17.3 Å². The van der Waals surface area contributed by atoms with Gasteiger partial charge < -0.3 is 15.7 Å². The van der Waals surface area contributed by atoms with Gasteiger partial charge in [0.2, 0.25) is 15.9 Å². The molecule has 3 rings (SSSR count). The highest BCUT2D eigenvalue weighted by Gasteiger charge is 2.51. The van der Waals surface area contributed by atoms with E-state index in [1.807, 2.05) is 30.3 Å². The molecule has 2 aromatic carbocycles. The lowest BCUT2D eigenvalue weighted by Crippen LogP contribution is -2.58. The molecule has 2 atom stereocenters. The number of carboxylic acid groups (broad SMARTS) is 1. The molecule has 0 bridgehead atoms. The Morgan fingerprint density at radius 2 is 1.72 bits per heavy atom. The summed E-state index contributed by atoms with van der Waals surface area (Å²) in [6.07, 6.45) is 0. The normalized spacial score (nSPS) is 18.2. The van der Waals surface area contributed by atoms with Crippen LogP contribution in [0.25, 0.3) is 0 Å². The monoisotopic (exact) mass is 552 g/mol. The highest BCUT2D eigenvalue weighted by atomic mass is 32.2. The van der Waals surface area contributed by atoms with Crippen molar-refractivity contribution in [2.24, 2.45) is 0 Å². The highest BCUT2D eigenvalue weighted by molar-refractivity contribution is 8.02. The Bertz CT molecular complexity index is 1190. The van der Waals surface area contributed by atoms with Crippen molar-refractivity contribution in [3.8, 4) is 0 Å². The number of carboxylic acids is 1. The first-order valence-corrected chi connectivity index (χ1v) is 13.8. The zero-order valence-electron chi connectivity index (χ0n) is 19.7. The number of carbonyl (C=O) groups excluding carboxylic acids is 2. The van der Waals surface area contributed by atoms with Gasteiger partial charge in [0, 0.05) is 11.3 Å². The fourth-order valence-electron chi connectivity index (χ4n) is 3.67. The molecule has 3 N–H and O–H groups in total. The number of nitrogens with zero attached hydrogens (tertiary/aromatic N) is 2. The Balaban J connectivity index is 1.71. The zero-order valence-corrected chi connectivity index (χ0v) is 22.2. The van der Waals surface area contributed by atoms with Crippen LogP contribution in [0.2, 0.25) is 0 Å². The average Bonchev–Trinajstić information content (AvgIpc) is 3.18. The Labute approximate surface area is 220 Å². The Kier molecular flexibility index (Phi) is 8.93. The summed E-state index contributed by atoms with van der Waals surface area (Å²) in [5.41, 5.74) is 0.844. The summed E-state index contributed by atoms with van der Waals surface area (Å²) >= 11 is 5.35. The minimum absolute atomic E-state index is 0.0284. The minimum atomic E-state index is -4.02. The number of benzene rings is 2. The summed E-state index contributed by atoms with van der Waals surface area (Å²) < 4.78 is 27.6. The van der Waals surface area contributed by atoms with E-state index in [1.54, 1.807) is 32.0 Å². The molecule has 2 unspecified atom stereocenters. The van der Waals surface area contributed by atoms with E-state index in [4.69, 9.17) is 0 Å². The number of hydrogen-bond acceptors (Lipinski definition) is 7. The second-order valence-electron chi connectivity index (χ2n) is 8.61. The van der Waals surface area contributed by atoms with Gasteiger partial charge in [-0.3, -0.25) is 9.10 Å². The van der Waals surface area contributed by atoms with Gasteiger partial charge in [-0.25, -0.2) is 18.0 Å². The summed E-state index contributed by atoms with van der Waals surface area (Å²) in [4.78, 5) is 37.6. The Morgan fingerprint density at radius 1 is 1.14 bits per heavy atom. The predicted molar refractivity (Wildman–Crippen MR) is 140 cm³/mol. The van der Waals surface area contributed by atoms with Crippen LogP contribution in [0.1, 0.15) is 19.4 Å². The predicted octanol–water partition coefficient (Wildman–Crippen LogP) is 2.15. The average molecular weight is 553 g/mol. The Morgan fingerprint density at radius 3 is 2.31 bits per heavy atom. The van der Waals surface area contributed by atoms with Crippen LogP contribution in [0.4, 0.5) is 4.79 Å². The number of amides is 3. The van der Waals surface area contributed by atoms with Crippen molar-refractivity contribution in [2.75, 3.05) is 12.4 Å². The molecule has 1 fully saturated rings. The maximum absolute atomic E-state index is 13.3. The minimum Gasteiger partial charge on any atom is -0.480 e. The number of hydrogen-bond donors (Lipinski definition) is 4. The third kappa shape index (κ3) is 6.52. The molecule has 1 aliphatic heterocycles. The Hall–Kier alpha value is -2.74. The topological polar surface area (TPSA) is 136 Å². The molecule has 2 aromatic rings. The van der Waals surface area contributed by atoms with Gasteiger partial charge in [-0.2, -0.15) is 4.31 Å². The second kappa shape index (κ2) is 11.5. The molecule has 1 heterocycles. The number of rotatable bonds is 9. The van der Waals surface area contributed by atoms with Crippen LogP contribution in [0, 0.1) is 0 Å². The van der Waals surface area contributed by atoms with Crippen LogP contribution in [0.3, 0.4) is 0 Å². The molecular formula is C23H28N4O6S3. The van der Waals surface area contributed by atoms with E-state index in [9.17, 15) is 27.9 Å². The molecule has 1 saturated heterocycles. The van der Waals surface area contributed by atoms with Gasteiger partial charge in [-0.15, -0.1) is 11.8 Å². The van der Waals surface area contributed by atoms with Crippen LogP contribution in [0.15, 0.2) is 65.6 Å². The number of thiol groups is 1. The molecule has 13 heteroatoms. The molecule has 0 aromatic heterocycles. The summed E-state index contributed by atoms with van der Waals surface area (Å²) in [7, 11) is -4.02. The third-order valence-corrected chi connectivity index (χ3v) is 9.31. The zero-order chi connectivity index (χ0) is 26.5. The van der Waals surface area contributed by atoms with Crippen LogP contribution < -0.4 is 10.6 Å². The number of carbonyl (C=O) groups is 3. The molecule has 3 amide bonds. The van der Waals surface area contributed by atoms with Crippen LogP contribution in [-0.2, 0) is 26.2 Å². The van der Waals surface area contributed by atoms with Crippen molar-refractivity contribution in [1.82, 2.24) is 19.2 Å². The molecule has 194 valence electrons. The van der Waals surface area contributed by atoms with Gasteiger partial charge in [-0.05, 0) is 31.5 Å². The molecule has 0 spiro atoms. The smallest absolute Gasteiger partial charge is 0.328 e. The summed E-state index contributed by atoms with van der Waals surface area (Å²) in [6.45, 7) is 3.21. The van der Waals surface area contributed by atoms with Crippen molar-refractivity contribution < 1.29 is 27.9 Å². The highest BCUT2D eigenvalue weighted by Crippen LogP contribution is 2.42. The number of thioether (sulfide) groups is 1. The first-order chi connectivity index (χ1) is 16.9. The van der Waals surface area contributed by atoms with Crippen molar-refractivity contribution in [2.45, 2.75) is 42.1 Å². The number of aliphatic carboxylic acids is 1. The molecule has 0 saturated carbocycles. The molecule has 0 aliphatic carbocycles. The SMILES string of the molecule is CC1(C)SCN(S(=O)(=O)c2ccccc2)C1C(=O)NC(CN(S)C(=O)NCc1ccccc1)C(=O)O. The fraction of sp³-hybridized carbons (Fsp3) is 0.348. The lowest BCUT2D eigenvalue weighted by molar-refractivity contribution is -0.142. The lowest BCUT2D eigenvalue weighted by Gasteiger charge is -2.31. The van der Waals surface area contributed by atoms with Gasteiger partial charge in [-0.1, -0.05) is 61.3 Å². The number of nitrogens with one attached hydrogen (secondary N) is 2. The fourth-order valence-corrected chi connectivity index (χ4v) is 7.09. The summed E-state index contributed by atoms with van der Waals surface area (Å²) in [6, 6.07) is 13.5. The van der Waals surface area contributed by atoms with E-state index >= 15 is 0 Å². The van der Waals surface area contributed by atoms with Gasteiger partial charge in [0.05, 0.1) is 17.3 Å². The first kappa shape index (κ1) is 27.8. The quantitative estimate of drug-likeness (QED) is 0.350. The summed E-state index contributed by atoms with van der Waals surface area (Å²) in [5, 5.41) is 14.7.